The third-order valence-electron chi connectivity index (χ3n) is 2.24. The first-order valence-electron chi connectivity index (χ1n) is 4.46. The van der Waals surface area contributed by atoms with Gasteiger partial charge in [-0.3, -0.25) is 0 Å². The van der Waals surface area contributed by atoms with E-state index < -0.39 is 0 Å². The molecule has 2 N–H and O–H groups in total. The van der Waals surface area contributed by atoms with E-state index in [1.54, 1.807) is 5.01 Å². The zero-order chi connectivity index (χ0) is 9.97. The second-order valence-corrected chi connectivity index (χ2v) is 3.57. The highest BCUT2D eigenvalue weighted by Crippen LogP contribution is 2.11. The predicted molar refractivity (Wildman–Crippen MR) is 61.2 cm³/mol. The fourth-order valence-electron chi connectivity index (χ4n) is 1.47. The quantitative estimate of drug-likeness (QED) is 0.645. The van der Waals surface area contributed by atoms with Crippen LogP contribution in [0.5, 0.6) is 0 Å². The number of hydrogen-bond donors (Lipinski definition) is 1. The van der Waals surface area contributed by atoms with E-state index in [1.807, 2.05) is 24.4 Å². The number of thiocarbonyl (C=S) groups is 1. The molecule has 0 radical (unpaired) electrons. The largest absolute Gasteiger partial charge is 0.375 e. The molecule has 1 aromatic carbocycles. The van der Waals surface area contributed by atoms with E-state index in [9.17, 15) is 0 Å². The lowest BCUT2D eigenvalue weighted by Crippen LogP contribution is -2.31. The van der Waals surface area contributed by atoms with Crippen molar-refractivity contribution in [2.45, 2.75) is 6.42 Å². The highest BCUT2D eigenvalue weighted by molar-refractivity contribution is 7.80. The molecule has 0 bridgehead atoms. The van der Waals surface area contributed by atoms with E-state index in [4.69, 9.17) is 18.0 Å². The lowest BCUT2D eigenvalue weighted by molar-refractivity contribution is 0.458. The first-order valence-corrected chi connectivity index (χ1v) is 4.87. The number of fused-ring (bicyclic) bond motifs is 1. The van der Waals surface area contributed by atoms with Crippen molar-refractivity contribution in [1.29, 1.82) is 0 Å². The summed E-state index contributed by atoms with van der Waals surface area (Å²) in [6.07, 6.45) is 2.73. The molecule has 0 unspecified atom stereocenters. The van der Waals surface area contributed by atoms with Gasteiger partial charge in [0.15, 0.2) is 5.11 Å². The second-order valence-electron chi connectivity index (χ2n) is 3.15. The lowest BCUT2D eigenvalue weighted by atomic mass is 10.1. The third kappa shape index (κ3) is 1.75. The van der Waals surface area contributed by atoms with E-state index in [0.717, 1.165) is 18.5 Å². The van der Waals surface area contributed by atoms with Gasteiger partial charge in [0.1, 0.15) is 0 Å². The van der Waals surface area contributed by atoms with E-state index >= 15 is 0 Å². The van der Waals surface area contributed by atoms with E-state index in [2.05, 4.69) is 11.2 Å². The molecule has 1 aliphatic heterocycles. The normalized spacial score (nSPS) is 14.7. The summed E-state index contributed by atoms with van der Waals surface area (Å²) in [5.74, 6) is 0. The molecule has 0 spiro atoms. The van der Waals surface area contributed by atoms with Crippen LogP contribution >= 0.6 is 12.2 Å². The third-order valence-corrected chi connectivity index (χ3v) is 2.45. The van der Waals surface area contributed by atoms with Crippen molar-refractivity contribution < 1.29 is 0 Å². The summed E-state index contributed by atoms with van der Waals surface area (Å²) >= 11 is 4.88. The Balaban J connectivity index is 2.29. The second kappa shape index (κ2) is 3.75. The molecule has 1 aliphatic rings. The van der Waals surface area contributed by atoms with Gasteiger partial charge in [0.2, 0.25) is 0 Å². The molecular weight excluding hydrogens is 194 g/mol. The molecule has 0 saturated heterocycles. The molecule has 0 saturated carbocycles. The van der Waals surface area contributed by atoms with Crippen LogP contribution in [0.25, 0.3) is 0 Å². The van der Waals surface area contributed by atoms with Crippen LogP contribution in [0, 0.1) is 0 Å². The Labute approximate surface area is 88.2 Å². The van der Waals surface area contributed by atoms with Crippen LogP contribution in [-0.4, -0.2) is 22.9 Å². The zero-order valence-electron chi connectivity index (χ0n) is 7.68. The molecule has 4 heteroatoms. The van der Waals surface area contributed by atoms with Gasteiger partial charge >= 0.3 is 0 Å². The molecule has 3 nitrogen and oxygen atoms in total. The van der Waals surface area contributed by atoms with Crippen LogP contribution in [-0.2, 0) is 6.42 Å². The standard InChI is InChI=1S/C10H11N3S/c11-10(14)13-6-5-8-3-1-2-4-9(8)7-12-13/h1-4,7H,5-6H2,(H2,11,14). The number of benzene rings is 1. The van der Waals surface area contributed by atoms with Crippen molar-refractivity contribution in [3.63, 3.8) is 0 Å². The Morgan fingerprint density at radius 3 is 3.00 bits per heavy atom. The summed E-state index contributed by atoms with van der Waals surface area (Å²) in [4.78, 5) is 0. The van der Waals surface area contributed by atoms with Gasteiger partial charge in [-0.25, -0.2) is 5.01 Å². The summed E-state index contributed by atoms with van der Waals surface area (Å²) in [7, 11) is 0. The molecule has 1 heterocycles. The fraction of sp³-hybridized carbons (Fsp3) is 0.200. The SMILES string of the molecule is NC(=S)N1CCc2ccccc2C=N1. The van der Waals surface area contributed by atoms with Crippen molar-refractivity contribution in [3.05, 3.63) is 35.4 Å². The smallest absolute Gasteiger partial charge is 0.186 e. The van der Waals surface area contributed by atoms with E-state index in [0.29, 0.717) is 5.11 Å². The Morgan fingerprint density at radius 2 is 2.21 bits per heavy atom. The molecule has 14 heavy (non-hydrogen) atoms. The Bertz CT molecular complexity index is 387. The Hall–Kier alpha value is -1.42. The first kappa shape index (κ1) is 9.15. The van der Waals surface area contributed by atoms with Gasteiger partial charge in [0.25, 0.3) is 0 Å². The molecule has 0 atom stereocenters. The molecule has 0 fully saturated rings. The summed E-state index contributed by atoms with van der Waals surface area (Å²) in [5.41, 5.74) is 7.95. The van der Waals surface area contributed by atoms with Crippen molar-refractivity contribution in [3.8, 4) is 0 Å². The maximum absolute atomic E-state index is 5.52. The van der Waals surface area contributed by atoms with Crippen molar-refractivity contribution in [1.82, 2.24) is 5.01 Å². The van der Waals surface area contributed by atoms with Gasteiger partial charge in [-0.05, 0) is 29.8 Å². The minimum Gasteiger partial charge on any atom is -0.375 e. The van der Waals surface area contributed by atoms with Crippen molar-refractivity contribution in [2.24, 2.45) is 10.8 Å². The van der Waals surface area contributed by atoms with Crippen LogP contribution in [0.1, 0.15) is 11.1 Å². The van der Waals surface area contributed by atoms with Crippen LogP contribution in [0.2, 0.25) is 0 Å². The van der Waals surface area contributed by atoms with Gasteiger partial charge in [-0.15, -0.1) is 0 Å². The summed E-state index contributed by atoms with van der Waals surface area (Å²) in [6, 6.07) is 8.18. The average molecular weight is 205 g/mol. The highest BCUT2D eigenvalue weighted by Gasteiger charge is 2.09. The number of hydrazone groups is 1. The van der Waals surface area contributed by atoms with Crippen LogP contribution < -0.4 is 5.73 Å². The summed E-state index contributed by atoms with van der Waals surface area (Å²) < 4.78 is 0. The van der Waals surface area contributed by atoms with Crippen molar-refractivity contribution in [2.75, 3.05) is 6.54 Å². The molecule has 0 amide bonds. The maximum atomic E-state index is 5.52. The number of nitrogens with two attached hydrogens (primary N) is 1. The number of hydrogen-bond acceptors (Lipinski definition) is 2. The molecule has 1 aromatic rings. The summed E-state index contributed by atoms with van der Waals surface area (Å²) in [5, 5.41) is 6.18. The minimum absolute atomic E-state index is 0.328. The molecule has 72 valence electrons. The number of nitrogens with zero attached hydrogens (tertiary/aromatic N) is 2. The predicted octanol–water partition coefficient (Wildman–Crippen LogP) is 1.12. The monoisotopic (exact) mass is 205 g/mol. The average Bonchev–Trinajstić information content (AvgIpc) is 2.39. The Morgan fingerprint density at radius 1 is 1.43 bits per heavy atom. The highest BCUT2D eigenvalue weighted by atomic mass is 32.1. The van der Waals surface area contributed by atoms with Gasteiger partial charge < -0.3 is 5.73 Å². The number of rotatable bonds is 0. The van der Waals surface area contributed by atoms with E-state index in [1.165, 1.54) is 5.56 Å². The molecule has 0 aromatic heterocycles. The lowest BCUT2D eigenvalue weighted by Gasteiger charge is -2.13. The van der Waals surface area contributed by atoms with Gasteiger partial charge in [0.05, 0.1) is 6.21 Å². The summed E-state index contributed by atoms with van der Waals surface area (Å²) in [6.45, 7) is 0.753. The molecular formula is C10H11N3S. The van der Waals surface area contributed by atoms with Crippen LogP contribution in [0.15, 0.2) is 29.4 Å². The van der Waals surface area contributed by atoms with Gasteiger partial charge in [0, 0.05) is 6.54 Å². The maximum Gasteiger partial charge on any atom is 0.186 e. The molecule has 0 aliphatic carbocycles. The fourth-order valence-corrected chi connectivity index (χ4v) is 1.61. The van der Waals surface area contributed by atoms with Gasteiger partial charge in [-0.2, -0.15) is 5.10 Å². The van der Waals surface area contributed by atoms with E-state index in [-0.39, 0.29) is 0 Å². The van der Waals surface area contributed by atoms with Crippen LogP contribution in [0.4, 0.5) is 0 Å². The topological polar surface area (TPSA) is 41.6 Å². The van der Waals surface area contributed by atoms with Crippen molar-refractivity contribution >= 4 is 23.5 Å². The Kier molecular flexibility index (Phi) is 2.45. The molecule has 2 rings (SSSR count). The van der Waals surface area contributed by atoms with Crippen LogP contribution in [0.3, 0.4) is 0 Å². The van der Waals surface area contributed by atoms with Gasteiger partial charge in [-0.1, -0.05) is 24.3 Å². The minimum atomic E-state index is 0.328. The zero-order valence-corrected chi connectivity index (χ0v) is 8.50. The first-order chi connectivity index (χ1) is 6.77.